The van der Waals surface area contributed by atoms with Gasteiger partial charge in [0.05, 0.1) is 17.0 Å². The van der Waals surface area contributed by atoms with Crippen LogP contribution in [0.15, 0.2) is 0 Å². The molecule has 0 aliphatic carbocycles. The molecule has 0 heterocycles. The van der Waals surface area contributed by atoms with E-state index in [-0.39, 0.29) is 0 Å². The summed E-state index contributed by atoms with van der Waals surface area (Å²) in [6.07, 6.45) is 2.47. The average Bonchev–Trinajstić information content (AvgIpc) is 1.49. The molecule has 0 fully saturated rings. The number of rotatable bonds is 4. The Labute approximate surface area is 83.5 Å². The molecule has 0 atom stereocenters. The largest absolute Gasteiger partial charge is 0.104 e. The van der Waals surface area contributed by atoms with Crippen LogP contribution in [-0.2, 0) is 10.9 Å². The molecule has 3 heteroatoms. The molecule has 0 aliphatic heterocycles. The van der Waals surface area contributed by atoms with Gasteiger partial charge in [-0.05, 0) is 10.9 Å². The molecule has 74 valence electrons. The summed E-state index contributed by atoms with van der Waals surface area (Å²) < 4.78 is 0. The van der Waals surface area contributed by atoms with Gasteiger partial charge in [-0.2, -0.15) is 0 Å². The predicted molar refractivity (Wildman–Crippen MR) is 69.7 cm³/mol. The Morgan fingerprint density at radius 3 is 1.17 bits per heavy atom. The van der Waals surface area contributed by atoms with Crippen molar-refractivity contribution in [3.8, 4) is 0 Å². The highest BCUT2D eigenvalue weighted by atomic mass is 32.2. The molecule has 0 N–H and O–H groups in total. The lowest BCUT2D eigenvalue weighted by molar-refractivity contribution is 1.62. The zero-order valence-corrected chi connectivity index (χ0v) is 12.6. The maximum atomic E-state index is 2.49. The van der Waals surface area contributed by atoms with Gasteiger partial charge in [-0.1, -0.05) is 39.3 Å². The minimum absolute atomic E-state index is 0.715. The fourth-order valence-electron chi connectivity index (χ4n) is 1.53. The van der Waals surface area contributed by atoms with Gasteiger partial charge in [-0.15, -0.1) is 0 Å². The van der Waals surface area contributed by atoms with Crippen LogP contribution in [0.3, 0.4) is 0 Å². The standard InChI is InChI=1S/C9H25SSi2/c1-10(8-11(2,3)4)9-12(5,6)7/h8-9H2,1-7H3/q+1. The monoisotopic (exact) mass is 221 g/mol. The second-order valence-corrected chi connectivity index (χ2v) is 20.3. The first-order valence-corrected chi connectivity index (χ1v) is 14.1. The maximum Gasteiger partial charge on any atom is 0.104 e. The lowest BCUT2D eigenvalue weighted by Gasteiger charge is -2.19. The molecule has 0 amide bonds. The second kappa shape index (κ2) is 4.33. The van der Waals surface area contributed by atoms with Crippen molar-refractivity contribution in [2.45, 2.75) is 39.3 Å². The van der Waals surface area contributed by atoms with Crippen molar-refractivity contribution in [3.63, 3.8) is 0 Å². The van der Waals surface area contributed by atoms with E-state index >= 15 is 0 Å². The molecule has 0 radical (unpaired) electrons. The third kappa shape index (κ3) is 8.88. The number of hydrogen-bond acceptors (Lipinski definition) is 0. The maximum absolute atomic E-state index is 2.49. The van der Waals surface area contributed by atoms with Crippen molar-refractivity contribution in [1.29, 1.82) is 0 Å². The fourth-order valence-corrected chi connectivity index (χ4v) is 14.7. The van der Waals surface area contributed by atoms with Crippen LogP contribution in [0.4, 0.5) is 0 Å². The first kappa shape index (κ1) is 12.8. The molecular weight excluding hydrogens is 196 g/mol. The first-order valence-electron chi connectivity index (χ1n) is 4.69. The number of hydrogen-bond donors (Lipinski definition) is 0. The third-order valence-electron chi connectivity index (χ3n) is 1.36. The molecule has 0 aromatic carbocycles. The highest BCUT2D eigenvalue weighted by Gasteiger charge is 2.29. The first-order chi connectivity index (χ1) is 5.10. The molecule has 0 bridgehead atoms. The van der Waals surface area contributed by atoms with Gasteiger partial charge in [-0.3, -0.25) is 0 Å². The van der Waals surface area contributed by atoms with E-state index < -0.39 is 16.1 Å². The zero-order valence-electron chi connectivity index (χ0n) is 9.82. The van der Waals surface area contributed by atoms with Crippen LogP contribution in [0.2, 0.25) is 39.3 Å². The molecule has 0 aliphatic rings. The Bertz CT molecular complexity index is 116. The fraction of sp³-hybridized carbons (Fsp3) is 1.00. The SMILES string of the molecule is C[S+](C[Si](C)(C)C)C[Si](C)(C)C. The highest BCUT2D eigenvalue weighted by Crippen LogP contribution is 2.11. The van der Waals surface area contributed by atoms with E-state index in [4.69, 9.17) is 0 Å². The molecule has 0 nitrogen and oxygen atoms in total. The normalized spacial score (nSPS) is 14.0. The summed E-state index contributed by atoms with van der Waals surface area (Å²) >= 11 is 0. The van der Waals surface area contributed by atoms with Crippen molar-refractivity contribution in [2.24, 2.45) is 0 Å². The van der Waals surface area contributed by atoms with Crippen LogP contribution < -0.4 is 0 Å². The summed E-state index contributed by atoms with van der Waals surface area (Å²) in [5.41, 5.74) is 0. The van der Waals surface area contributed by atoms with E-state index in [1.807, 2.05) is 0 Å². The lowest BCUT2D eigenvalue weighted by Crippen LogP contribution is -2.39. The summed E-state index contributed by atoms with van der Waals surface area (Å²) in [5.74, 6) is 0. The Balaban J connectivity index is 3.83. The van der Waals surface area contributed by atoms with Crippen molar-refractivity contribution < 1.29 is 0 Å². The zero-order chi connectivity index (χ0) is 9.99. The molecule has 0 rings (SSSR count). The van der Waals surface area contributed by atoms with E-state index in [9.17, 15) is 0 Å². The summed E-state index contributed by atoms with van der Waals surface area (Å²) in [6.45, 7) is 14.9. The molecular formula is C9H25SSi2+. The smallest absolute Gasteiger partial charge is 0.0653 e. The van der Waals surface area contributed by atoms with E-state index in [0.717, 1.165) is 0 Å². The molecule has 0 spiro atoms. The lowest BCUT2D eigenvalue weighted by atomic mass is 11.7. The summed E-state index contributed by atoms with van der Waals surface area (Å²) in [7, 11) is -0.856. The van der Waals surface area contributed by atoms with E-state index in [1.165, 1.54) is 10.8 Å². The Kier molecular flexibility index (Phi) is 4.62. The Hall–Kier alpha value is 0.784. The van der Waals surface area contributed by atoms with Crippen LogP contribution in [0.25, 0.3) is 0 Å². The summed E-state index contributed by atoms with van der Waals surface area (Å²) in [5, 5.41) is 3.08. The van der Waals surface area contributed by atoms with Gasteiger partial charge in [-0.25, -0.2) is 0 Å². The van der Waals surface area contributed by atoms with Gasteiger partial charge in [0.15, 0.2) is 0 Å². The quantitative estimate of drug-likeness (QED) is 0.506. The Morgan fingerprint density at radius 2 is 1.00 bits per heavy atom. The van der Waals surface area contributed by atoms with Crippen molar-refractivity contribution in [2.75, 3.05) is 17.0 Å². The molecule has 0 saturated carbocycles. The topological polar surface area (TPSA) is 0 Å². The molecule has 0 aromatic rings. The van der Waals surface area contributed by atoms with Gasteiger partial charge in [0, 0.05) is 0 Å². The molecule has 0 saturated heterocycles. The third-order valence-corrected chi connectivity index (χ3v) is 12.2. The van der Waals surface area contributed by atoms with Gasteiger partial charge in [0.2, 0.25) is 0 Å². The molecule has 0 aromatic heterocycles. The summed E-state index contributed by atoms with van der Waals surface area (Å²) in [4.78, 5) is 0. The highest BCUT2D eigenvalue weighted by molar-refractivity contribution is 7.99. The minimum atomic E-state index is -0.785. The molecule has 12 heavy (non-hydrogen) atoms. The van der Waals surface area contributed by atoms with Gasteiger partial charge >= 0.3 is 0 Å². The van der Waals surface area contributed by atoms with Crippen molar-refractivity contribution in [1.82, 2.24) is 0 Å². The molecule has 0 unspecified atom stereocenters. The van der Waals surface area contributed by atoms with Gasteiger partial charge in [0.1, 0.15) is 16.1 Å². The van der Waals surface area contributed by atoms with Crippen LogP contribution in [0.5, 0.6) is 0 Å². The van der Waals surface area contributed by atoms with Gasteiger partial charge in [0.25, 0.3) is 0 Å². The predicted octanol–water partition coefficient (Wildman–Crippen LogP) is 2.99. The Morgan fingerprint density at radius 1 is 0.750 bits per heavy atom. The van der Waals surface area contributed by atoms with Crippen LogP contribution in [0.1, 0.15) is 0 Å². The van der Waals surface area contributed by atoms with E-state index in [0.29, 0.717) is 10.9 Å². The van der Waals surface area contributed by atoms with Crippen molar-refractivity contribution in [3.05, 3.63) is 0 Å². The van der Waals surface area contributed by atoms with Gasteiger partial charge < -0.3 is 0 Å². The minimum Gasteiger partial charge on any atom is -0.0653 e. The average molecular weight is 222 g/mol. The second-order valence-electron chi connectivity index (χ2n) is 6.19. The van der Waals surface area contributed by atoms with E-state index in [2.05, 4.69) is 45.5 Å². The van der Waals surface area contributed by atoms with E-state index in [1.54, 1.807) is 0 Å². The van der Waals surface area contributed by atoms with Crippen LogP contribution in [0, 0.1) is 0 Å². The summed E-state index contributed by atoms with van der Waals surface area (Å²) in [6, 6.07) is 0. The van der Waals surface area contributed by atoms with Crippen LogP contribution in [-0.4, -0.2) is 33.2 Å². The van der Waals surface area contributed by atoms with Crippen LogP contribution >= 0.6 is 0 Å². The van der Waals surface area contributed by atoms with Crippen molar-refractivity contribution >= 4 is 27.0 Å².